The topological polar surface area (TPSA) is 157 Å². The van der Waals surface area contributed by atoms with Gasteiger partial charge in [0.15, 0.2) is 6.04 Å². The first-order valence-corrected chi connectivity index (χ1v) is 5.16. The summed E-state index contributed by atoms with van der Waals surface area (Å²) in [6.45, 7) is 0.559. The molecule has 0 radical (unpaired) electrons. The number of amides is 1. The molecule has 106 valence electrons. The van der Waals surface area contributed by atoms with Gasteiger partial charge in [-0.25, -0.2) is 9.59 Å². The van der Waals surface area contributed by atoms with Crippen LogP contribution in [0.25, 0.3) is 0 Å². The lowest BCUT2D eigenvalue weighted by molar-refractivity contribution is -0.154. The molecule has 0 aromatic heterocycles. The molecule has 0 aromatic carbocycles. The number of hydrogen-bond acceptors (Lipinski definition) is 7. The van der Waals surface area contributed by atoms with Crippen molar-refractivity contribution in [3.05, 3.63) is 0 Å². The second kappa shape index (κ2) is 7.82. The van der Waals surface area contributed by atoms with Gasteiger partial charge >= 0.3 is 12.1 Å². The highest BCUT2D eigenvalue weighted by molar-refractivity contribution is 5.81. The highest BCUT2D eigenvalue weighted by Crippen LogP contribution is 2.07. The molecule has 0 fully saturated rings. The number of aliphatic hydroxyl groups is 4. The average molecular weight is 267 g/mol. The molecule has 0 aromatic rings. The monoisotopic (exact) mass is 267 g/mol. The number of carbonyl (C=O) groups excluding carboxylic acids is 1. The van der Waals surface area contributed by atoms with E-state index >= 15 is 0 Å². The van der Waals surface area contributed by atoms with Gasteiger partial charge in [-0.15, -0.1) is 0 Å². The van der Waals surface area contributed by atoms with Gasteiger partial charge in [0.05, 0.1) is 13.2 Å². The van der Waals surface area contributed by atoms with Gasteiger partial charge in [0, 0.05) is 0 Å². The number of ether oxygens (including phenoxy) is 1. The third kappa shape index (κ3) is 4.84. The molecule has 0 aliphatic rings. The normalized spacial score (nSPS) is 17.4. The smallest absolute Gasteiger partial charge is 0.405 e. The summed E-state index contributed by atoms with van der Waals surface area (Å²) in [6.07, 6.45) is -7.19. The largest absolute Gasteiger partial charge is 0.465 e. The van der Waals surface area contributed by atoms with E-state index < -0.39 is 43.0 Å². The van der Waals surface area contributed by atoms with E-state index in [9.17, 15) is 19.8 Å². The van der Waals surface area contributed by atoms with E-state index in [0.29, 0.717) is 0 Å². The Morgan fingerprint density at radius 2 is 1.78 bits per heavy atom. The number of rotatable bonds is 7. The summed E-state index contributed by atoms with van der Waals surface area (Å²) in [6, 6.07) is -1.77. The van der Waals surface area contributed by atoms with Crippen LogP contribution >= 0.6 is 0 Å². The van der Waals surface area contributed by atoms with Crippen molar-refractivity contribution in [3.8, 4) is 0 Å². The zero-order chi connectivity index (χ0) is 14.3. The van der Waals surface area contributed by atoms with Crippen LogP contribution in [-0.2, 0) is 9.53 Å². The van der Waals surface area contributed by atoms with E-state index in [1.807, 2.05) is 0 Å². The molecule has 0 heterocycles. The van der Waals surface area contributed by atoms with Crippen LogP contribution in [-0.4, -0.2) is 75.2 Å². The predicted molar refractivity (Wildman–Crippen MR) is 56.7 cm³/mol. The molecule has 0 rings (SSSR count). The predicted octanol–water partition coefficient (Wildman–Crippen LogP) is -2.74. The van der Waals surface area contributed by atoms with E-state index in [-0.39, 0.29) is 6.61 Å². The highest BCUT2D eigenvalue weighted by atomic mass is 16.5. The maximum atomic E-state index is 11.4. The van der Waals surface area contributed by atoms with E-state index in [4.69, 9.17) is 15.3 Å². The zero-order valence-electron chi connectivity index (χ0n) is 9.68. The molecule has 4 atom stereocenters. The Morgan fingerprint density at radius 1 is 1.22 bits per heavy atom. The molecule has 0 aliphatic carbocycles. The van der Waals surface area contributed by atoms with Gasteiger partial charge in [-0.05, 0) is 6.92 Å². The van der Waals surface area contributed by atoms with E-state index in [2.05, 4.69) is 4.74 Å². The second-order valence-electron chi connectivity index (χ2n) is 3.41. The molecule has 0 saturated carbocycles. The minimum Gasteiger partial charge on any atom is -0.465 e. The molecule has 9 heteroatoms. The third-order valence-corrected chi connectivity index (χ3v) is 2.09. The Balaban J connectivity index is 4.83. The first kappa shape index (κ1) is 16.6. The Bertz CT molecular complexity index is 284. The van der Waals surface area contributed by atoms with Gasteiger partial charge in [-0.1, -0.05) is 0 Å². The minimum atomic E-state index is -1.96. The van der Waals surface area contributed by atoms with Crippen molar-refractivity contribution in [1.82, 2.24) is 5.32 Å². The number of carbonyl (C=O) groups is 2. The van der Waals surface area contributed by atoms with E-state index in [1.165, 1.54) is 6.92 Å². The summed E-state index contributed by atoms with van der Waals surface area (Å²) in [7, 11) is 0. The van der Waals surface area contributed by atoms with Crippen molar-refractivity contribution >= 4 is 12.1 Å². The van der Waals surface area contributed by atoms with Crippen LogP contribution in [0.1, 0.15) is 6.92 Å². The fraction of sp³-hybridized carbons (Fsp3) is 0.778. The van der Waals surface area contributed by atoms with Crippen molar-refractivity contribution in [2.24, 2.45) is 0 Å². The van der Waals surface area contributed by atoms with Crippen molar-refractivity contribution in [3.63, 3.8) is 0 Å². The average Bonchev–Trinajstić information content (AvgIpc) is 2.33. The summed E-state index contributed by atoms with van der Waals surface area (Å²) in [5.41, 5.74) is 0. The van der Waals surface area contributed by atoms with Crippen molar-refractivity contribution in [2.45, 2.75) is 31.3 Å². The molecule has 0 spiro atoms. The molecule has 9 nitrogen and oxygen atoms in total. The first-order chi connectivity index (χ1) is 8.34. The fourth-order valence-corrected chi connectivity index (χ4v) is 1.18. The van der Waals surface area contributed by atoms with Crippen molar-refractivity contribution in [1.29, 1.82) is 0 Å². The molecule has 0 unspecified atom stereocenters. The zero-order valence-corrected chi connectivity index (χ0v) is 9.68. The Labute approximate surface area is 103 Å². The third-order valence-electron chi connectivity index (χ3n) is 2.09. The number of carboxylic acid groups (broad SMARTS) is 1. The molecule has 0 aliphatic heterocycles. The van der Waals surface area contributed by atoms with Gasteiger partial charge < -0.3 is 35.6 Å². The summed E-state index contributed by atoms with van der Waals surface area (Å²) in [5.74, 6) is -1.10. The van der Waals surface area contributed by atoms with Crippen LogP contribution in [0.4, 0.5) is 4.79 Å². The van der Waals surface area contributed by atoms with Crippen LogP contribution in [0.3, 0.4) is 0 Å². The molecular formula is C9H17NO8. The van der Waals surface area contributed by atoms with Crippen molar-refractivity contribution < 1.29 is 39.9 Å². The molecule has 6 N–H and O–H groups in total. The first-order valence-electron chi connectivity index (χ1n) is 5.16. The van der Waals surface area contributed by atoms with Crippen LogP contribution in [0, 0.1) is 0 Å². The second-order valence-corrected chi connectivity index (χ2v) is 3.41. The van der Waals surface area contributed by atoms with E-state index in [0.717, 1.165) is 0 Å². The Hall–Kier alpha value is -1.42. The number of esters is 1. The number of nitrogens with one attached hydrogen (secondary N) is 1. The van der Waals surface area contributed by atoms with Gasteiger partial charge in [0.25, 0.3) is 0 Å². The van der Waals surface area contributed by atoms with Crippen LogP contribution in [0.15, 0.2) is 0 Å². The van der Waals surface area contributed by atoms with Crippen molar-refractivity contribution in [2.75, 3.05) is 13.2 Å². The maximum absolute atomic E-state index is 11.4. The van der Waals surface area contributed by atoms with Gasteiger partial charge in [-0.2, -0.15) is 0 Å². The molecule has 0 bridgehead atoms. The number of aliphatic hydroxyl groups excluding tert-OH is 4. The Kier molecular flexibility index (Phi) is 7.20. The lowest BCUT2D eigenvalue weighted by atomic mass is 10.0. The standard InChI is InChI=1S/C9H17NO8/c1-2-18-8(15)5(10-9(16)17)7(14)6(13)4(12)3-11/h4-7,10-14H,2-3H2,1H3,(H,16,17)/t4-,5-,6-,7-/m1/s1. The fourth-order valence-electron chi connectivity index (χ4n) is 1.18. The highest BCUT2D eigenvalue weighted by Gasteiger charge is 2.37. The molecule has 0 saturated heterocycles. The summed E-state index contributed by atoms with van der Waals surface area (Å²) >= 11 is 0. The summed E-state index contributed by atoms with van der Waals surface area (Å²) < 4.78 is 4.51. The minimum absolute atomic E-state index is 0.0536. The van der Waals surface area contributed by atoms with Crippen LogP contribution in [0.2, 0.25) is 0 Å². The summed E-state index contributed by atoms with van der Waals surface area (Å²) in [4.78, 5) is 21.8. The van der Waals surface area contributed by atoms with Crippen LogP contribution < -0.4 is 5.32 Å². The quantitative estimate of drug-likeness (QED) is 0.271. The molecular weight excluding hydrogens is 250 g/mol. The lowest BCUT2D eigenvalue weighted by Crippen LogP contribution is -2.56. The Morgan fingerprint density at radius 3 is 2.17 bits per heavy atom. The molecule has 18 heavy (non-hydrogen) atoms. The SMILES string of the molecule is CCOC(=O)[C@H](NC(=O)O)[C@@H](O)[C@H](O)[C@H](O)CO. The van der Waals surface area contributed by atoms with E-state index in [1.54, 1.807) is 5.32 Å². The van der Waals surface area contributed by atoms with Crippen LogP contribution in [0.5, 0.6) is 0 Å². The lowest BCUT2D eigenvalue weighted by Gasteiger charge is -2.27. The van der Waals surface area contributed by atoms with Gasteiger partial charge in [0.2, 0.25) is 0 Å². The van der Waals surface area contributed by atoms with Gasteiger partial charge in [-0.3, -0.25) is 0 Å². The maximum Gasteiger partial charge on any atom is 0.405 e. The van der Waals surface area contributed by atoms with Gasteiger partial charge in [0.1, 0.15) is 18.3 Å². The molecule has 1 amide bonds. The summed E-state index contributed by atoms with van der Waals surface area (Å²) in [5, 5.41) is 46.8. The number of hydrogen-bond donors (Lipinski definition) is 6.